The van der Waals surface area contributed by atoms with E-state index in [0.717, 1.165) is 0 Å². The predicted molar refractivity (Wildman–Crippen MR) is 75.4 cm³/mol. The molecule has 1 aromatic rings. The third-order valence-corrected chi connectivity index (χ3v) is 2.64. The third kappa shape index (κ3) is 3.98. The largest absolute Gasteiger partial charge is 0.454 e. The fraction of sp³-hybridized carbons (Fsp3) is 0.462. The van der Waals surface area contributed by atoms with Crippen molar-refractivity contribution in [1.29, 1.82) is 0 Å². The van der Waals surface area contributed by atoms with Crippen LogP contribution in [0.25, 0.3) is 0 Å². The summed E-state index contributed by atoms with van der Waals surface area (Å²) in [5, 5.41) is 11.1. The summed E-state index contributed by atoms with van der Waals surface area (Å²) in [5.41, 5.74) is 4.50. The van der Waals surface area contributed by atoms with Crippen molar-refractivity contribution < 1.29 is 23.9 Å². The van der Waals surface area contributed by atoms with Crippen molar-refractivity contribution in [3.63, 3.8) is 0 Å². The molecule has 0 unspecified atom stereocenters. The van der Waals surface area contributed by atoms with Gasteiger partial charge in [-0.15, -0.1) is 0 Å². The lowest BCUT2D eigenvalue weighted by Crippen LogP contribution is -2.40. The number of fused-ring (bicyclic) bond motifs is 1. The van der Waals surface area contributed by atoms with E-state index in [1.165, 1.54) is 12.1 Å². The van der Waals surface area contributed by atoms with Gasteiger partial charge in [0.05, 0.1) is 11.0 Å². The lowest BCUT2D eigenvalue weighted by atomic mass is 10.1. The van der Waals surface area contributed by atoms with Crippen molar-refractivity contribution in [2.75, 3.05) is 6.79 Å². The average Bonchev–Trinajstić information content (AvgIpc) is 2.82. The van der Waals surface area contributed by atoms with E-state index in [4.69, 9.17) is 14.2 Å². The van der Waals surface area contributed by atoms with Crippen LogP contribution in [0.15, 0.2) is 12.1 Å². The van der Waals surface area contributed by atoms with Crippen LogP contribution in [0.5, 0.6) is 11.5 Å². The minimum absolute atomic E-state index is 0.0273. The SMILES string of the molecule is CC(C)(C)OC(=O)NNCc1cc2c(cc1[N+](=O)[O-])OCO2. The Kier molecular flexibility index (Phi) is 4.36. The fourth-order valence-electron chi connectivity index (χ4n) is 1.80. The average molecular weight is 311 g/mol. The molecule has 0 radical (unpaired) electrons. The molecule has 0 spiro atoms. The lowest BCUT2D eigenvalue weighted by Gasteiger charge is -2.19. The summed E-state index contributed by atoms with van der Waals surface area (Å²) in [4.78, 5) is 22.0. The maximum atomic E-state index is 11.5. The maximum absolute atomic E-state index is 11.5. The Morgan fingerprint density at radius 2 is 2.00 bits per heavy atom. The van der Waals surface area contributed by atoms with E-state index >= 15 is 0 Å². The number of nitrogens with one attached hydrogen (secondary N) is 2. The summed E-state index contributed by atoms with van der Waals surface area (Å²) in [6.45, 7) is 5.26. The molecule has 1 aliphatic heterocycles. The number of nitro groups is 1. The summed E-state index contributed by atoms with van der Waals surface area (Å²) in [5.74, 6) is 0.759. The van der Waals surface area contributed by atoms with Gasteiger partial charge >= 0.3 is 6.09 Å². The Balaban J connectivity index is 2.01. The quantitative estimate of drug-likeness (QED) is 0.644. The highest BCUT2D eigenvalue weighted by Crippen LogP contribution is 2.37. The second-order valence-electron chi connectivity index (χ2n) is 5.57. The number of hydrogen-bond acceptors (Lipinski definition) is 7. The van der Waals surface area contributed by atoms with Crippen LogP contribution in [0.3, 0.4) is 0 Å². The van der Waals surface area contributed by atoms with E-state index in [0.29, 0.717) is 17.1 Å². The number of ether oxygens (including phenoxy) is 3. The normalized spacial score (nSPS) is 12.9. The molecule has 9 heteroatoms. The first kappa shape index (κ1) is 15.8. The van der Waals surface area contributed by atoms with Crippen LogP contribution in [-0.4, -0.2) is 23.4 Å². The number of carbonyl (C=O) groups is 1. The first-order chi connectivity index (χ1) is 10.3. The second-order valence-corrected chi connectivity index (χ2v) is 5.57. The molecule has 0 atom stereocenters. The zero-order valence-electron chi connectivity index (χ0n) is 12.5. The molecule has 1 amide bonds. The molecule has 120 valence electrons. The molecule has 0 aliphatic carbocycles. The number of rotatable bonds is 4. The molecule has 1 aromatic carbocycles. The van der Waals surface area contributed by atoms with Gasteiger partial charge in [-0.1, -0.05) is 0 Å². The Bertz CT molecular complexity index is 596. The van der Waals surface area contributed by atoms with Gasteiger partial charge in [-0.05, 0) is 26.8 Å². The van der Waals surface area contributed by atoms with Gasteiger partial charge in [-0.25, -0.2) is 10.2 Å². The number of nitro benzene ring substituents is 1. The standard InChI is InChI=1S/C13H17N3O6/c1-13(2,3)22-12(17)15-14-6-8-4-10-11(21-7-20-10)5-9(8)16(18)19/h4-5,14H,6-7H2,1-3H3,(H,15,17). The Morgan fingerprint density at radius 1 is 1.36 bits per heavy atom. The van der Waals surface area contributed by atoms with Crippen molar-refractivity contribution >= 4 is 11.8 Å². The second kappa shape index (κ2) is 6.06. The van der Waals surface area contributed by atoms with E-state index in [2.05, 4.69) is 10.9 Å². The first-order valence-electron chi connectivity index (χ1n) is 6.55. The van der Waals surface area contributed by atoms with Gasteiger partial charge in [0, 0.05) is 12.1 Å². The Labute approximate surface area is 126 Å². The van der Waals surface area contributed by atoms with Crippen molar-refractivity contribution in [2.45, 2.75) is 32.9 Å². The minimum Gasteiger partial charge on any atom is -0.454 e. The smallest absolute Gasteiger partial charge is 0.422 e. The highest BCUT2D eigenvalue weighted by molar-refractivity contribution is 5.67. The molecule has 0 saturated heterocycles. The van der Waals surface area contributed by atoms with Gasteiger partial charge < -0.3 is 14.2 Å². The van der Waals surface area contributed by atoms with Crippen LogP contribution in [0.2, 0.25) is 0 Å². The molecule has 2 rings (SSSR count). The Morgan fingerprint density at radius 3 is 2.59 bits per heavy atom. The summed E-state index contributed by atoms with van der Waals surface area (Å²) in [6, 6.07) is 2.80. The molecule has 9 nitrogen and oxygen atoms in total. The van der Waals surface area contributed by atoms with E-state index in [-0.39, 0.29) is 19.0 Å². The molecule has 1 heterocycles. The predicted octanol–water partition coefficient (Wildman–Crippen LogP) is 1.85. The molecule has 22 heavy (non-hydrogen) atoms. The van der Waals surface area contributed by atoms with Gasteiger partial charge in [0.15, 0.2) is 11.5 Å². The molecule has 0 fully saturated rings. The Hall–Kier alpha value is -2.55. The number of amides is 1. The van der Waals surface area contributed by atoms with Crippen LogP contribution < -0.4 is 20.3 Å². The molecular formula is C13H17N3O6. The molecular weight excluding hydrogens is 294 g/mol. The van der Waals surface area contributed by atoms with E-state index < -0.39 is 16.6 Å². The van der Waals surface area contributed by atoms with E-state index in [1.54, 1.807) is 20.8 Å². The molecule has 0 aromatic heterocycles. The number of carbonyl (C=O) groups excluding carboxylic acids is 1. The third-order valence-electron chi connectivity index (χ3n) is 2.64. The van der Waals surface area contributed by atoms with E-state index in [1.807, 2.05) is 0 Å². The van der Waals surface area contributed by atoms with Gasteiger partial charge in [0.2, 0.25) is 6.79 Å². The van der Waals surface area contributed by atoms with Crippen molar-refractivity contribution in [3.8, 4) is 11.5 Å². The number of benzene rings is 1. The molecule has 0 bridgehead atoms. The highest BCUT2D eigenvalue weighted by Gasteiger charge is 2.23. The molecule has 2 N–H and O–H groups in total. The number of hydrogen-bond donors (Lipinski definition) is 2. The zero-order chi connectivity index (χ0) is 16.3. The van der Waals surface area contributed by atoms with Gasteiger partial charge in [-0.3, -0.25) is 15.5 Å². The fourth-order valence-corrected chi connectivity index (χ4v) is 1.80. The summed E-state index contributed by atoms with van der Waals surface area (Å²) >= 11 is 0. The van der Waals surface area contributed by atoms with Crippen molar-refractivity contribution in [1.82, 2.24) is 10.9 Å². The minimum atomic E-state index is -0.670. The van der Waals surface area contributed by atoms with Crippen LogP contribution >= 0.6 is 0 Å². The number of nitrogens with zero attached hydrogens (tertiary/aromatic N) is 1. The van der Waals surface area contributed by atoms with Gasteiger partial charge in [0.25, 0.3) is 5.69 Å². The van der Waals surface area contributed by atoms with Gasteiger partial charge in [-0.2, -0.15) is 0 Å². The van der Waals surface area contributed by atoms with Gasteiger partial charge in [0.1, 0.15) is 5.60 Å². The molecule has 1 aliphatic rings. The maximum Gasteiger partial charge on any atom is 0.422 e. The van der Waals surface area contributed by atoms with Crippen LogP contribution in [0, 0.1) is 10.1 Å². The van der Waals surface area contributed by atoms with Crippen LogP contribution in [0.4, 0.5) is 10.5 Å². The van der Waals surface area contributed by atoms with E-state index in [9.17, 15) is 14.9 Å². The van der Waals surface area contributed by atoms with Crippen molar-refractivity contribution in [2.24, 2.45) is 0 Å². The van der Waals surface area contributed by atoms with Crippen LogP contribution in [0.1, 0.15) is 26.3 Å². The zero-order valence-corrected chi connectivity index (χ0v) is 12.5. The van der Waals surface area contributed by atoms with Crippen molar-refractivity contribution in [3.05, 3.63) is 27.8 Å². The summed E-state index contributed by atoms with van der Waals surface area (Å²) < 4.78 is 15.3. The highest BCUT2D eigenvalue weighted by atomic mass is 16.7. The number of hydrazine groups is 1. The summed E-state index contributed by atoms with van der Waals surface area (Å²) in [6.07, 6.45) is -0.670. The summed E-state index contributed by atoms with van der Waals surface area (Å²) in [7, 11) is 0. The lowest BCUT2D eigenvalue weighted by molar-refractivity contribution is -0.385. The molecule has 0 saturated carbocycles. The first-order valence-corrected chi connectivity index (χ1v) is 6.55. The monoisotopic (exact) mass is 311 g/mol. The topological polar surface area (TPSA) is 112 Å². The van der Waals surface area contributed by atoms with Crippen LogP contribution in [-0.2, 0) is 11.3 Å².